The molecule has 9 aromatic rings. The van der Waals surface area contributed by atoms with Crippen molar-refractivity contribution in [3.05, 3.63) is 187 Å². The molecule has 0 unspecified atom stereocenters. The molecule has 1 aliphatic rings. The van der Waals surface area contributed by atoms with Crippen LogP contribution in [0.25, 0.3) is 66.1 Å². The summed E-state index contributed by atoms with van der Waals surface area (Å²) < 4.78 is 6.95. The lowest BCUT2D eigenvalue weighted by Crippen LogP contribution is -2.17. The Labute approximate surface area is 297 Å². The highest BCUT2D eigenvalue weighted by Crippen LogP contribution is 2.53. The van der Waals surface area contributed by atoms with Crippen LogP contribution in [0.1, 0.15) is 25.0 Å². The Bertz CT molecular complexity index is 2770. The maximum atomic E-state index is 6.95. The third-order valence-electron chi connectivity index (χ3n) is 10.8. The molecule has 0 aliphatic heterocycles. The van der Waals surface area contributed by atoms with Gasteiger partial charge in [-0.05, 0) is 80.6 Å². The molecule has 1 heterocycles. The maximum Gasteiger partial charge on any atom is 0.143 e. The topological polar surface area (TPSA) is 16.4 Å². The standard InChI is InChI=1S/C49H35NO/c1-49(2)41-24-13-11-23-38(41)39-29-28-35(31-42(39)49)50(43-25-14-12-21-36(43)32-16-5-3-6-17-32)44-26-15-27-45-47(44)40-30-34-20-9-10-22-37(34)46(48(40)51-45)33-18-7-4-8-19-33/h3-31H,1-2H3. The molecule has 0 saturated carbocycles. The maximum absolute atomic E-state index is 6.95. The minimum atomic E-state index is -0.135. The third kappa shape index (κ3) is 4.50. The molecule has 0 amide bonds. The highest BCUT2D eigenvalue weighted by Gasteiger charge is 2.36. The van der Waals surface area contributed by atoms with E-state index in [-0.39, 0.29) is 5.41 Å². The Morgan fingerprint density at radius 1 is 0.471 bits per heavy atom. The number of hydrogen-bond acceptors (Lipinski definition) is 2. The van der Waals surface area contributed by atoms with E-state index in [0.29, 0.717) is 0 Å². The first-order valence-electron chi connectivity index (χ1n) is 17.7. The van der Waals surface area contributed by atoms with E-state index >= 15 is 0 Å². The van der Waals surface area contributed by atoms with Gasteiger partial charge in [-0.25, -0.2) is 0 Å². The van der Waals surface area contributed by atoms with Gasteiger partial charge in [0.1, 0.15) is 11.2 Å². The molecule has 1 aromatic heterocycles. The van der Waals surface area contributed by atoms with Gasteiger partial charge in [-0.2, -0.15) is 0 Å². The molecule has 2 heteroatoms. The zero-order chi connectivity index (χ0) is 34.1. The van der Waals surface area contributed by atoms with E-state index in [1.807, 2.05) is 0 Å². The number of fused-ring (bicyclic) bond motifs is 7. The van der Waals surface area contributed by atoms with Crippen molar-refractivity contribution in [3.8, 4) is 33.4 Å². The summed E-state index contributed by atoms with van der Waals surface area (Å²) in [6.45, 7) is 4.70. The number of benzene rings is 8. The number of furan rings is 1. The Morgan fingerprint density at radius 2 is 1.12 bits per heavy atom. The van der Waals surface area contributed by atoms with Gasteiger partial charge in [0.05, 0.1) is 16.8 Å². The lowest BCUT2D eigenvalue weighted by atomic mass is 9.82. The number of nitrogens with zero attached hydrogens (tertiary/aromatic N) is 1. The van der Waals surface area contributed by atoms with Gasteiger partial charge in [-0.3, -0.25) is 0 Å². The van der Waals surface area contributed by atoms with Crippen LogP contribution in [0.2, 0.25) is 0 Å². The highest BCUT2D eigenvalue weighted by molar-refractivity contribution is 6.22. The van der Waals surface area contributed by atoms with E-state index in [4.69, 9.17) is 4.42 Å². The molecular formula is C49H35NO. The van der Waals surface area contributed by atoms with Crippen LogP contribution in [0.5, 0.6) is 0 Å². The van der Waals surface area contributed by atoms with Crippen LogP contribution < -0.4 is 4.90 Å². The number of hydrogen-bond donors (Lipinski definition) is 0. The fraction of sp³-hybridized carbons (Fsp3) is 0.0612. The van der Waals surface area contributed by atoms with Gasteiger partial charge >= 0.3 is 0 Å². The van der Waals surface area contributed by atoms with Crippen LogP contribution in [-0.4, -0.2) is 0 Å². The summed E-state index contributed by atoms with van der Waals surface area (Å²) in [4.78, 5) is 2.45. The quantitative estimate of drug-likeness (QED) is 0.184. The second-order valence-corrected chi connectivity index (χ2v) is 14.1. The van der Waals surface area contributed by atoms with Crippen molar-refractivity contribution >= 4 is 49.8 Å². The van der Waals surface area contributed by atoms with Crippen molar-refractivity contribution in [2.75, 3.05) is 4.90 Å². The normalized spacial score (nSPS) is 13.1. The highest BCUT2D eigenvalue weighted by atomic mass is 16.3. The average molecular weight is 654 g/mol. The zero-order valence-corrected chi connectivity index (χ0v) is 28.6. The molecule has 1 aliphatic carbocycles. The fourth-order valence-electron chi connectivity index (χ4n) is 8.45. The van der Waals surface area contributed by atoms with E-state index in [0.717, 1.165) is 50.1 Å². The Hall–Kier alpha value is -6.38. The smallest absolute Gasteiger partial charge is 0.143 e. The Kier molecular flexibility index (Phi) is 6.56. The summed E-state index contributed by atoms with van der Waals surface area (Å²) >= 11 is 0. The molecule has 0 spiro atoms. The lowest BCUT2D eigenvalue weighted by Gasteiger charge is -2.30. The number of rotatable bonds is 5. The summed E-state index contributed by atoms with van der Waals surface area (Å²) in [7, 11) is 0. The van der Waals surface area contributed by atoms with Crippen LogP contribution in [-0.2, 0) is 5.41 Å². The van der Waals surface area contributed by atoms with Gasteiger partial charge in [-0.1, -0.05) is 153 Å². The number of anilines is 3. The monoisotopic (exact) mass is 653 g/mol. The third-order valence-corrected chi connectivity index (χ3v) is 10.8. The first-order valence-corrected chi connectivity index (χ1v) is 17.7. The van der Waals surface area contributed by atoms with Crippen LogP contribution in [0.4, 0.5) is 17.1 Å². The van der Waals surface area contributed by atoms with E-state index < -0.39 is 0 Å². The lowest BCUT2D eigenvalue weighted by molar-refractivity contribution is 0.660. The minimum Gasteiger partial charge on any atom is -0.455 e. The molecular weight excluding hydrogens is 619 g/mol. The van der Waals surface area contributed by atoms with Crippen molar-refractivity contribution in [2.45, 2.75) is 19.3 Å². The summed E-state index contributed by atoms with van der Waals surface area (Å²) in [5.74, 6) is 0. The molecule has 0 atom stereocenters. The second-order valence-electron chi connectivity index (χ2n) is 14.1. The summed E-state index contributed by atoms with van der Waals surface area (Å²) in [6.07, 6.45) is 0. The summed E-state index contributed by atoms with van der Waals surface area (Å²) in [5, 5.41) is 4.58. The molecule has 0 bridgehead atoms. The summed E-state index contributed by atoms with van der Waals surface area (Å²) in [5.41, 5.74) is 14.9. The first kappa shape index (κ1) is 29.5. The van der Waals surface area contributed by atoms with Crippen LogP contribution in [0, 0.1) is 0 Å². The predicted octanol–water partition coefficient (Wildman–Crippen LogP) is 13.8. The van der Waals surface area contributed by atoms with Crippen molar-refractivity contribution < 1.29 is 4.42 Å². The molecule has 0 N–H and O–H groups in total. The predicted molar refractivity (Wildman–Crippen MR) is 214 cm³/mol. The van der Waals surface area contributed by atoms with Crippen molar-refractivity contribution in [1.29, 1.82) is 0 Å². The largest absolute Gasteiger partial charge is 0.455 e. The van der Waals surface area contributed by atoms with Gasteiger partial charge in [-0.15, -0.1) is 0 Å². The van der Waals surface area contributed by atoms with Gasteiger partial charge in [0.15, 0.2) is 0 Å². The molecule has 0 saturated heterocycles. The molecule has 10 rings (SSSR count). The minimum absolute atomic E-state index is 0.135. The van der Waals surface area contributed by atoms with Crippen molar-refractivity contribution in [3.63, 3.8) is 0 Å². The van der Waals surface area contributed by atoms with Crippen LogP contribution >= 0.6 is 0 Å². The van der Waals surface area contributed by atoms with Gasteiger partial charge in [0, 0.05) is 27.6 Å². The molecule has 242 valence electrons. The number of para-hydroxylation sites is 1. The average Bonchev–Trinajstić information content (AvgIpc) is 3.67. The van der Waals surface area contributed by atoms with Crippen molar-refractivity contribution in [2.24, 2.45) is 0 Å². The SMILES string of the molecule is CC1(C)c2ccccc2-c2ccc(N(c3ccccc3-c3ccccc3)c3cccc4oc5c(-c6ccccc6)c6ccccc6cc5c34)cc21. The van der Waals surface area contributed by atoms with Crippen LogP contribution in [0.15, 0.2) is 180 Å². The molecule has 51 heavy (non-hydrogen) atoms. The van der Waals surface area contributed by atoms with Gasteiger partial charge in [0.2, 0.25) is 0 Å². The summed E-state index contributed by atoms with van der Waals surface area (Å²) in [6, 6.07) is 63.5. The van der Waals surface area contributed by atoms with E-state index in [2.05, 4.69) is 195 Å². The molecule has 2 nitrogen and oxygen atoms in total. The Morgan fingerprint density at radius 3 is 1.94 bits per heavy atom. The van der Waals surface area contributed by atoms with Gasteiger partial charge in [0.25, 0.3) is 0 Å². The van der Waals surface area contributed by atoms with Gasteiger partial charge < -0.3 is 9.32 Å². The molecule has 0 fully saturated rings. The van der Waals surface area contributed by atoms with E-state index in [1.54, 1.807) is 0 Å². The van der Waals surface area contributed by atoms with E-state index in [9.17, 15) is 0 Å². The van der Waals surface area contributed by atoms with Crippen LogP contribution in [0.3, 0.4) is 0 Å². The first-order chi connectivity index (χ1) is 25.1. The van der Waals surface area contributed by atoms with E-state index in [1.165, 1.54) is 44.2 Å². The van der Waals surface area contributed by atoms with Crippen molar-refractivity contribution in [1.82, 2.24) is 0 Å². The zero-order valence-electron chi connectivity index (χ0n) is 28.6. The molecule has 0 radical (unpaired) electrons. The Balaban J connectivity index is 1.30. The second kappa shape index (κ2) is 11.3. The fourth-order valence-corrected chi connectivity index (χ4v) is 8.45. The molecule has 8 aromatic carbocycles.